The number of phenolic OH excluding ortho intramolecular Hbond substituents is 1. The maximum absolute atomic E-state index is 10.5. The van der Waals surface area contributed by atoms with Crippen LogP contribution in [0.25, 0.3) is 0 Å². The molecule has 0 saturated heterocycles. The molecule has 92 valence electrons. The predicted octanol–water partition coefficient (Wildman–Crippen LogP) is 2.88. The summed E-state index contributed by atoms with van der Waals surface area (Å²) < 4.78 is 5.38. The molecule has 0 atom stereocenters. The van der Waals surface area contributed by atoms with Crippen molar-refractivity contribution in [3.8, 4) is 11.5 Å². The first-order valence-corrected chi connectivity index (χ1v) is 5.31. The summed E-state index contributed by atoms with van der Waals surface area (Å²) in [5.74, 6) is -0.00964. The van der Waals surface area contributed by atoms with Gasteiger partial charge in [-0.25, -0.2) is 0 Å². The molecule has 18 heavy (non-hydrogen) atoms. The first kappa shape index (κ1) is 11.9. The minimum atomic E-state index is -0.569. The van der Waals surface area contributed by atoms with Crippen molar-refractivity contribution in [2.24, 2.45) is 0 Å². The van der Waals surface area contributed by atoms with E-state index in [2.05, 4.69) is 0 Å². The van der Waals surface area contributed by atoms with Crippen LogP contribution >= 0.6 is 0 Å². The van der Waals surface area contributed by atoms with Gasteiger partial charge in [-0.15, -0.1) is 0 Å². The lowest BCUT2D eigenvalue weighted by atomic mass is 10.2. The fourth-order valence-electron chi connectivity index (χ4n) is 1.48. The van der Waals surface area contributed by atoms with Crippen molar-refractivity contribution < 1.29 is 14.8 Å². The smallest absolute Gasteiger partial charge is 0.273 e. The van der Waals surface area contributed by atoms with Crippen LogP contribution < -0.4 is 4.74 Å². The number of non-ortho nitro benzene ring substituents is 1. The number of ether oxygens (including phenoxy) is 1. The molecule has 0 fully saturated rings. The van der Waals surface area contributed by atoms with E-state index in [4.69, 9.17) is 4.74 Å². The molecule has 0 heterocycles. The Labute approximate surface area is 103 Å². The molecule has 0 aliphatic carbocycles. The van der Waals surface area contributed by atoms with Crippen molar-refractivity contribution in [1.82, 2.24) is 0 Å². The normalized spacial score (nSPS) is 10.0. The molecule has 2 aromatic rings. The molecule has 1 N–H and O–H groups in total. The Bertz CT molecular complexity index is 554. The fraction of sp³-hybridized carbons (Fsp3) is 0.0769. The van der Waals surface area contributed by atoms with Crippen LogP contribution in [0.5, 0.6) is 11.5 Å². The van der Waals surface area contributed by atoms with Gasteiger partial charge < -0.3 is 9.84 Å². The highest BCUT2D eigenvalue weighted by molar-refractivity contribution is 5.47. The van der Waals surface area contributed by atoms with E-state index in [0.29, 0.717) is 6.61 Å². The molecule has 0 radical (unpaired) electrons. The molecular formula is C13H11NO4. The van der Waals surface area contributed by atoms with Gasteiger partial charge in [-0.2, -0.15) is 0 Å². The fourth-order valence-corrected chi connectivity index (χ4v) is 1.48. The minimum Gasteiger partial charge on any atom is -0.504 e. The molecule has 0 aromatic heterocycles. The summed E-state index contributed by atoms with van der Waals surface area (Å²) in [6.45, 7) is 0.298. The Morgan fingerprint density at radius 3 is 2.50 bits per heavy atom. The van der Waals surface area contributed by atoms with E-state index in [1.165, 1.54) is 12.1 Å². The van der Waals surface area contributed by atoms with Gasteiger partial charge in [-0.1, -0.05) is 30.3 Å². The average molecular weight is 245 g/mol. The van der Waals surface area contributed by atoms with Gasteiger partial charge in [0.05, 0.1) is 11.0 Å². The standard InChI is InChI=1S/C13H11NO4/c15-12-8-11(14(16)17)6-7-13(12)18-9-10-4-2-1-3-5-10/h1-8,15H,9H2. The molecule has 5 heteroatoms. The Kier molecular flexibility index (Phi) is 3.43. The van der Waals surface area contributed by atoms with Crippen LogP contribution in [-0.2, 0) is 6.61 Å². The lowest BCUT2D eigenvalue weighted by Gasteiger charge is -2.07. The van der Waals surface area contributed by atoms with Crippen LogP contribution in [0.1, 0.15) is 5.56 Å². The van der Waals surface area contributed by atoms with Crippen LogP contribution in [0.2, 0.25) is 0 Å². The summed E-state index contributed by atoms with van der Waals surface area (Å²) >= 11 is 0. The van der Waals surface area contributed by atoms with Crippen LogP contribution in [0.4, 0.5) is 5.69 Å². The van der Waals surface area contributed by atoms with Crippen LogP contribution in [0.15, 0.2) is 48.5 Å². The van der Waals surface area contributed by atoms with E-state index < -0.39 is 4.92 Å². The molecular weight excluding hydrogens is 234 g/mol. The lowest BCUT2D eigenvalue weighted by molar-refractivity contribution is -0.385. The lowest BCUT2D eigenvalue weighted by Crippen LogP contribution is -1.96. The number of aromatic hydroxyl groups is 1. The molecule has 5 nitrogen and oxygen atoms in total. The Morgan fingerprint density at radius 1 is 1.17 bits per heavy atom. The van der Waals surface area contributed by atoms with Crippen molar-refractivity contribution in [2.75, 3.05) is 0 Å². The van der Waals surface area contributed by atoms with E-state index in [9.17, 15) is 15.2 Å². The van der Waals surface area contributed by atoms with Crippen LogP contribution in [0, 0.1) is 10.1 Å². The van der Waals surface area contributed by atoms with E-state index in [1.54, 1.807) is 0 Å². The first-order chi connectivity index (χ1) is 8.66. The zero-order valence-electron chi connectivity index (χ0n) is 9.45. The maximum atomic E-state index is 10.5. The van der Waals surface area contributed by atoms with Crippen molar-refractivity contribution in [3.05, 3.63) is 64.2 Å². The van der Waals surface area contributed by atoms with Gasteiger partial charge >= 0.3 is 0 Å². The van der Waals surface area contributed by atoms with E-state index in [1.807, 2.05) is 30.3 Å². The van der Waals surface area contributed by atoms with Crippen molar-refractivity contribution in [3.63, 3.8) is 0 Å². The zero-order valence-corrected chi connectivity index (χ0v) is 9.45. The molecule has 0 bridgehead atoms. The van der Waals surface area contributed by atoms with Gasteiger partial charge in [0.15, 0.2) is 11.5 Å². The second kappa shape index (κ2) is 5.18. The average Bonchev–Trinajstić information content (AvgIpc) is 2.38. The molecule has 0 saturated carbocycles. The highest BCUT2D eigenvalue weighted by atomic mass is 16.6. The molecule has 0 unspecified atom stereocenters. The SMILES string of the molecule is O=[N+]([O-])c1ccc(OCc2ccccc2)c(O)c1. The van der Waals surface area contributed by atoms with Gasteiger partial charge in [-0.3, -0.25) is 10.1 Å². The third-order valence-electron chi connectivity index (χ3n) is 2.39. The highest BCUT2D eigenvalue weighted by Gasteiger charge is 2.10. The number of phenols is 1. The summed E-state index contributed by atoms with van der Waals surface area (Å²) in [6.07, 6.45) is 0. The van der Waals surface area contributed by atoms with E-state index in [0.717, 1.165) is 11.6 Å². The third-order valence-corrected chi connectivity index (χ3v) is 2.39. The summed E-state index contributed by atoms with van der Waals surface area (Å²) in [6, 6.07) is 13.2. The second-order valence-electron chi connectivity index (χ2n) is 3.68. The topological polar surface area (TPSA) is 72.6 Å². The highest BCUT2D eigenvalue weighted by Crippen LogP contribution is 2.30. The third kappa shape index (κ3) is 2.76. The summed E-state index contributed by atoms with van der Waals surface area (Å²) in [5, 5.41) is 20.1. The van der Waals surface area contributed by atoms with Gasteiger partial charge in [0.2, 0.25) is 0 Å². The number of nitro groups is 1. The Hall–Kier alpha value is -2.56. The van der Waals surface area contributed by atoms with Crippen molar-refractivity contribution >= 4 is 5.69 Å². The molecule has 0 aliphatic heterocycles. The number of rotatable bonds is 4. The van der Waals surface area contributed by atoms with Crippen LogP contribution in [0.3, 0.4) is 0 Å². The molecule has 0 aliphatic rings. The number of hydrogen-bond donors (Lipinski definition) is 1. The maximum Gasteiger partial charge on any atom is 0.273 e. The quantitative estimate of drug-likeness (QED) is 0.664. The zero-order chi connectivity index (χ0) is 13.0. The van der Waals surface area contributed by atoms with Crippen LogP contribution in [-0.4, -0.2) is 10.0 Å². The van der Waals surface area contributed by atoms with Gasteiger partial charge in [-0.05, 0) is 11.6 Å². The second-order valence-corrected chi connectivity index (χ2v) is 3.68. The molecule has 2 aromatic carbocycles. The summed E-state index contributed by atoms with van der Waals surface area (Å²) in [5.41, 5.74) is 0.787. The van der Waals surface area contributed by atoms with Gasteiger partial charge in [0.1, 0.15) is 6.61 Å². The van der Waals surface area contributed by atoms with E-state index in [-0.39, 0.29) is 17.2 Å². The van der Waals surface area contributed by atoms with Gasteiger partial charge in [0.25, 0.3) is 5.69 Å². The molecule has 0 spiro atoms. The Morgan fingerprint density at radius 2 is 1.89 bits per heavy atom. The summed E-state index contributed by atoms with van der Waals surface area (Å²) in [7, 11) is 0. The van der Waals surface area contributed by atoms with Crippen molar-refractivity contribution in [2.45, 2.75) is 6.61 Å². The minimum absolute atomic E-state index is 0.167. The number of benzene rings is 2. The number of nitrogens with zero attached hydrogens (tertiary/aromatic N) is 1. The predicted molar refractivity (Wildman–Crippen MR) is 65.5 cm³/mol. The number of hydrogen-bond acceptors (Lipinski definition) is 4. The largest absolute Gasteiger partial charge is 0.504 e. The monoisotopic (exact) mass is 245 g/mol. The van der Waals surface area contributed by atoms with E-state index >= 15 is 0 Å². The molecule has 0 amide bonds. The number of nitro benzene ring substituents is 1. The first-order valence-electron chi connectivity index (χ1n) is 5.31. The summed E-state index contributed by atoms with van der Waals surface area (Å²) in [4.78, 5) is 9.93. The molecule has 2 rings (SSSR count). The Balaban J connectivity index is 2.08. The van der Waals surface area contributed by atoms with Gasteiger partial charge in [0, 0.05) is 6.07 Å². The van der Waals surface area contributed by atoms with Crippen molar-refractivity contribution in [1.29, 1.82) is 0 Å².